The van der Waals surface area contributed by atoms with Crippen molar-refractivity contribution in [3.63, 3.8) is 0 Å². The Kier molecular flexibility index (Phi) is 5.16. The van der Waals surface area contributed by atoms with Crippen LogP contribution in [0, 0.1) is 0 Å². The minimum absolute atomic E-state index is 0.0353. The molecule has 0 aliphatic carbocycles. The molecule has 0 saturated carbocycles. The van der Waals surface area contributed by atoms with Gasteiger partial charge in [0.05, 0.1) is 17.0 Å². The molecule has 1 atom stereocenters. The highest BCUT2D eigenvalue weighted by Gasteiger charge is 2.39. The van der Waals surface area contributed by atoms with Crippen LogP contribution in [0.4, 0.5) is 4.79 Å². The average Bonchev–Trinajstić information content (AvgIpc) is 2.51. The van der Waals surface area contributed by atoms with Gasteiger partial charge in [-0.2, -0.15) is 0 Å². The molecule has 0 radical (unpaired) electrons. The van der Waals surface area contributed by atoms with Crippen molar-refractivity contribution in [1.82, 2.24) is 10.6 Å². The highest BCUT2D eigenvalue weighted by Crippen LogP contribution is 2.22. The van der Waals surface area contributed by atoms with Crippen molar-refractivity contribution in [3.05, 3.63) is 0 Å². The lowest BCUT2D eigenvalue weighted by Crippen LogP contribution is -2.51. The van der Waals surface area contributed by atoms with Crippen molar-refractivity contribution in [1.29, 1.82) is 0 Å². The van der Waals surface area contributed by atoms with E-state index in [9.17, 15) is 18.0 Å². The Morgan fingerprint density at radius 1 is 1.32 bits per heavy atom. The average molecular weight is 292 g/mol. The maximum Gasteiger partial charge on any atom is 0.315 e. The first-order valence-corrected chi connectivity index (χ1v) is 8.03. The highest BCUT2D eigenvalue weighted by atomic mass is 32.2. The number of urea groups is 1. The Morgan fingerprint density at radius 2 is 2.00 bits per heavy atom. The number of rotatable bonds is 6. The monoisotopic (exact) mass is 292 g/mol. The molecule has 1 saturated heterocycles. The fraction of sp³-hybridized carbons (Fsp3) is 0.818. The van der Waals surface area contributed by atoms with E-state index in [4.69, 9.17) is 5.11 Å². The molecule has 0 spiro atoms. The summed E-state index contributed by atoms with van der Waals surface area (Å²) < 4.78 is 22.7. The molecule has 1 aliphatic rings. The van der Waals surface area contributed by atoms with Crippen LogP contribution in [-0.4, -0.2) is 49.1 Å². The summed E-state index contributed by atoms with van der Waals surface area (Å²) in [6, 6.07) is -0.407. The van der Waals surface area contributed by atoms with Gasteiger partial charge in [-0.1, -0.05) is 0 Å². The number of carboxylic acid groups (broad SMARTS) is 1. The van der Waals surface area contributed by atoms with Crippen LogP contribution in [0.2, 0.25) is 0 Å². The van der Waals surface area contributed by atoms with E-state index in [1.54, 1.807) is 6.92 Å². The quantitative estimate of drug-likeness (QED) is 0.602. The van der Waals surface area contributed by atoms with Gasteiger partial charge in [0.2, 0.25) is 0 Å². The Balaban J connectivity index is 2.23. The van der Waals surface area contributed by atoms with Crippen molar-refractivity contribution >= 4 is 21.8 Å². The Labute approximate surface area is 112 Å². The standard InChI is InChI=1S/C11H20N2O5S/c1-11(5-7-19(17,18)8-11)13-10(16)12-6-3-2-4-9(14)15/h2-8H2,1H3,(H,14,15)(H2,12,13,16). The second-order valence-corrected chi connectivity index (χ2v) is 7.32. The SMILES string of the molecule is CC1(NC(=O)NCCCCC(=O)O)CCS(=O)(=O)C1. The van der Waals surface area contributed by atoms with Crippen LogP contribution in [0.5, 0.6) is 0 Å². The summed E-state index contributed by atoms with van der Waals surface area (Å²) in [6.45, 7) is 2.09. The highest BCUT2D eigenvalue weighted by molar-refractivity contribution is 7.91. The Bertz CT molecular complexity index is 448. The number of sulfone groups is 1. The number of hydrogen-bond acceptors (Lipinski definition) is 4. The number of carbonyl (C=O) groups excluding carboxylic acids is 1. The number of amides is 2. The molecule has 0 aromatic heterocycles. The smallest absolute Gasteiger partial charge is 0.315 e. The van der Waals surface area contributed by atoms with Gasteiger partial charge >= 0.3 is 12.0 Å². The van der Waals surface area contributed by atoms with Crippen molar-refractivity contribution in [2.45, 2.75) is 38.1 Å². The van der Waals surface area contributed by atoms with Crippen LogP contribution in [0.25, 0.3) is 0 Å². The van der Waals surface area contributed by atoms with E-state index in [1.807, 2.05) is 0 Å². The summed E-state index contributed by atoms with van der Waals surface area (Å²) in [5.74, 6) is -0.789. The number of carboxylic acids is 1. The van der Waals surface area contributed by atoms with Gasteiger partial charge in [-0.05, 0) is 26.2 Å². The molecule has 8 heteroatoms. The predicted octanol–water partition coefficient (Wildman–Crippen LogP) is 0.118. The van der Waals surface area contributed by atoms with E-state index < -0.39 is 27.4 Å². The van der Waals surface area contributed by atoms with Gasteiger partial charge < -0.3 is 15.7 Å². The lowest BCUT2D eigenvalue weighted by Gasteiger charge is -2.23. The Morgan fingerprint density at radius 3 is 2.53 bits per heavy atom. The van der Waals surface area contributed by atoms with Gasteiger partial charge in [0, 0.05) is 13.0 Å². The number of aliphatic carboxylic acids is 1. The third-order valence-electron chi connectivity index (χ3n) is 3.02. The van der Waals surface area contributed by atoms with Crippen molar-refractivity contribution in [2.24, 2.45) is 0 Å². The number of carbonyl (C=O) groups is 2. The summed E-state index contributed by atoms with van der Waals surface area (Å²) in [5.41, 5.74) is -0.704. The third kappa shape index (κ3) is 5.91. The van der Waals surface area contributed by atoms with Crippen molar-refractivity contribution in [2.75, 3.05) is 18.1 Å². The summed E-state index contributed by atoms with van der Waals surface area (Å²) >= 11 is 0. The van der Waals surface area contributed by atoms with Gasteiger partial charge in [0.25, 0.3) is 0 Å². The zero-order valence-electron chi connectivity index (χ0n) is 10.9. The van der Waals surface area contributed by atoms with E-state index in [0.717, 1.165) is 0 Å². The number of unbranched alkanes of at least 4 members (excludes halogenated alkanes) is 1. The van der Waals surface area contributed by atoms with Crippen LogP contribution in [0.3, 0.4) is 0 Å². The van der Waals surface area contributed by atoms with E-state index in [-0.39, 0.29) is 17.9 Å². The van der Waals surface area contributed by atoms with Crippen LogP contribution >= 0.6 is 0 Å². The molecule has 19 heavy (non-hydrogen) atoms. The molecule has 1 fully saturated rings. The fourth-order valence-electron chi connectivity index (χ4n) is 2.03. The molecule has 1 heterocycles. The molecule has 3 N–H and O–H groups in total. The molecule has 1 rings (SSSR count). The van der Waals surface area contributed by atoms with E-state index >= 15 is 0 Å². The van der Waals surface area contributed by atoms with Crippen LogP contribution in [0.15, 0.2) is 0 Å². The maximum absolute atomic E-state index is 11.6. The minimum Gasteiger partial charge on any atom is -0.481 e. The van der Waals surface area contributed by atoms with Gasteiger partial charge in [-0.15, -0.1) is 0 Å². The van der Waals surface area contributed by atoms with Gasteiger partial charge in [-0.25, -0.2) is 13.2 Å². The molecule has 1 aliphatic heterocycles. The van der Waals surface area contributed by atoms with E-state index in [2.05, 4.69) is 10.6 Å². The second-order valence-electron chi connectivity index (χ2n) is 5.13. The molecule has 110 valence electrons. The lowest BCUT2D eigenvalue weighted by molar-refractivity contribution is -0.137. The third-order valence-corrected chi connectivity index (χ3v) is 4.92. The molecule has 0 aromatic carbocycles. The fourth-order valence-corrected chi connectivity index (χ4v) is 4.12. The van der Waals surface area contributed by atoms with Crippen LogP contribution in [-0.2, 0) is 14.6 Å². The first-order chi connectivity index (χ1) is 8.72. The molecule has 2 amide bonds. The Hall–Kier alpha value is -1.31. The zero-order valence-corrected chi connectivity index (χ0v) is 11.8. The first kappa shape index (κ1) is 15.7. The zero-order chi connectivity index (χ0) is 14.5. The van der Waals surface area contributed by atoms with Gasteiger partial charge in [0.15, 0.2) is 9.84 Å². The van der Waals surface area contributed by atoms with Crippen LogP contribution in [0.1, 0.15) is 32.6 Å². The molecule has 0 aromatic rings. The minimum atomic E-state index is -3.05. The van der Waals surface area contributed by atoms with Gasteiger partial charge in [-0.3, -0.25) is 4.79 Å². The molecule has 0 bridgehead atoms. The van der Waals surface area contributed by atoms with E-state index in [1.165, 1.54) is 0 Å². The molecule has 1 unspecified atom stereocenters. The molecular formula is C11H20N2O5S. The van der Waals surface area contributed by atoms with E-state index in [0.29, 0.717) is 25.8 Å². The van der Waals surface area contributed by atoms with Gasteiger partial charge in [0.1, 0.15) is 0 Å². The maximum atomic E-state index is 11.6. The summed E-state index contributed by atoms with van der Waals surface area (Å²) in [5, 5.41) is 13.7. The molecular weight excluding hydrogens is 272 g/mol. The second kappa shape index (κ2) is 6.23. The predicted molar refractivity (Wildman–Crippen MR) is 69.7 cm³/mol. The first-order valence-electron chi connectivity index (χ1n) is 6.21. The summed E-state index contributed by atoms with van der Waals surface area (Å²) in [6.07, 6.45) is 1.58. The van der Waals surface area contributed by atoms with Crippen molar-refractivity contribution < 1.29 is 23.1 Å². The van der Waals surface area contributed by atoms with Crippen LogP contribution < -0.4 is 10.6 Å². The number of hydrogen-bond donors (Lipinski definition) is 3. The number of nitrogens with one attached hydrogen (secondary N) is 2. The summed E-state index contributed by atoms with van der Waals surface area (Å²) in [7, 11) is -3.05. The normalized spacial score (nSPS) is 24.9. The van der Waals surface area contributed by atoms with Crippen molar-refractivity contribution in [3.8, 4) is 0 Å². The molecule has 7 nitrogen and oxygen atoms in total. The topological polar surface area (TPSA) is 113 Å². The largest absolute Gasteiger partial charge is 0.481 e. The summed E-state index contributed by atoms with van der Waals surface area (Å²) in [4.78, 5) is 21.9. The lowest BCUT2D eigenvalue weighted by atomic mass is 10.0.